The summed E-state index contributed by atoms with van der Waals surface area (Å²) in [5.74, 6) is 0.172. The minimum atomic E-state index is 0.172. The Morgan fingerprint density at radius 2 is 1.89 bits per heavy atom. The highest BCUT2D eigenvalue weighted by molar-refractivity contribution is 7.99. The molecule has 1 N–H and O–H groups in total. The first kappa shape index (κ1) is 18.1. The first-order chi connectivity index (χ1) is 13.3. The Morgan fingerprint density at radius 1 is 1.07 bits per heavy atom. The van der Waals surface area contributed by atoms with E-state index < -0.39 is 0 Å². The van der Waals surface area contributed by atoms with Crippen molar-refractivity contribution in [2.24, 2.45) is 0 Å². The highest BCUT2D eigenvalue weighted by Crippen LogP contribution is 2.35. The van der Waals surface area contributed by atoms with Gasteiger partial charge >= 0.3 is 0 Å². The summed E-state index contributed by atoms with van der Waals surface area (Å²) in [5, 5.41) is 5.46. The van der Waals surface area contributed by atoms with Crippen LogP contribution in [0, 0.1) is 0 Å². The Hall–Kier alpha value is -2.24. The number of hydrogen-bond acceptors (Lipinski definition) is 4. The van der Waals surface area contributed by atoms with Gasteiger partial charge in [0.15, 0.2) is 0 Å². The second-order valence-electron chi connectivity index (χ2n) is 6.53. The minimum Gasteiger partial charge on any atom is -0.375 e. The van der Waals surface area contributed by atoms with Gasteiger partial charge in [-0.3, -0.25) is 4.79 Å². The van der Waals surface area contributed by atoms with Crippen molar-refractivity contribution in [1.29, 1.82) is 0 Å². The van der Waals surface area contributed by atoms with Crippen LogP contribution in [0.1, 0.15) is 23.8 Å². The molecule has 0 spiro atoms. The van der Waals surface area contributed by atoms with Crippen molar-refractivity contribution in [2.75, 3.05) is 18.4 Å². The molecule has 138 valence electrons. The molecule has 1 aliphatic heterocycles. The number of likely N-dealkylation sites (tertiary alicyclic amines) is 1. The normalized spacial score (nSPS) is 16.4. The topological polar surface area (TPSA) is 32.3 Å². The predicted molar refractivity (Wildman–Crippen MR) is 114 cm³/mol. The molecule has 0 saturated carbocycles. The molecule has 3 aromatic rings. The third kappa shape index (κ3) is 4.37. The molecular weight excluding hydrogens is 372 g/mol. The maximum Gasteiger partial charge on any atom is 0.242 e. The van der Waals surface area contributed by atoms with Gasteiger partial charge in [-0.2, -0.15) is 0 Å². The first-order valence-electron chi connectivity index (χ1n) is 9.20. The Bertz CT molecular complexity index is 880. The van der Waals surface area contributed by atoms with E-state index >= 15 is 0 Å². The van der Waals surface area contributed by atoms with Crippen molar-refractivity contribution in [3.8, 4) is 0 Å². The fraction of sp³-hybridized carbons (Fsp3) is 0.227. The summed E-state index contributed by atoms with van der Waals surface area (Å²) >= 11 is 3.45. The average molecular weight is 395 g/mol. The fourth-order valence-corrected chi connectivity index (χ4v) is 5.25. The number of anilines is 1. The summed E-state index contributed by atoms with van der Waals surface area (Å²) in [5.41, 5.74) is 1.01. The molecule has 1 atom stereocenters. The highest BCUT2D eigenvalue weighted by atomic mass is 32.2. The van der Waals surface area contributed by atoms with Crippen LogP contribution < -0.4 is 5.32 Å². The number of nitrogens with one attached hydrogen (secondary N) is 1. The lowest BCUT2D eigenvalue weighted by molar-refractivity contribution is -0.130. The number of carbonyl (C=O) groups excluding carboxylic acids is 1. The van der Waals surface area contributed by atoms with E-state index in [0.717, 1.165) is 30.0 Å². The average Bonchev–Trinajstić information content (AvgIpc) is 3.39. The van der Waals surface area contributed by atoms with Crippen LogP contribution in [0.15, 0.2) is 81.9 Å². The van der Waals surface area contributed by atoms with Crippen molar-refractivity contribution in [1.82, 2.24) is 4.90 Å². The number of para-hydroxylation sites is 1. The van der Waals surface area contributed by atoms with Gasteiger partial charge in [0.2, 0.25) is 5.91 Å². The second kappa shape index (κ2) is 8.63. The van der Waals surface area contributed by atoms with Gasteiger partial charge in [-0.15, -0.1) is 11.3 Å². The molecule has 0 bridgehead atoms. The van der Waals surface area contributed by atoms with E-state index in [4.69, 9.17) is 0 Å². The van der Waals surface area contributed by atoms with Crippen LogP contribution in [-0.2, 0) is 4.79 Å². The summed E-state index contributed by atoms with van der Waals surface area (Å²) in [6.07, 6.45) is 2.14. The molecular formula is C22H22N2OS2. The predicted octanol–water partition coefficient (Wildman–Crippen LogP) is 5.67. The zero-order valence-corrected chi connectivity index (χ0v) is 16.6. The van der Waals surface area contributed by atoms with Crippen molar-refractivity contribution in [2.45, 2.75) is 28.7 Å². The van der Waals surface area contributed by atoms with Gasteiger partial charge in [-0.05, 0) is 48.6 Å². The number of thiophene rings is 1. The number of nitrogens with zero attached hydrogens (tertiary/aromatic N) is 1. The van der Waals surface area contributed by atoms with Crippen LogP contribution in [0.4, 0.5) is 5.69 Å². The third-order valence-electron chi connectivity index (χ3n) is 4.73. The molecule has 1 saturated heterocycles. The molecule has 2 heterocycles. The molecule has 0 radical (unpaired) electrons. The van der Waals surface area contributed by atoms with E-state index in [1.165, 1.54) is 9.77 Å². The molecule has 5 heteroatoms. The van der Waals surface area contributed by atoms with E-state index in [1.54, 1.807) is 23.1 Å². The van der Waals surface area contributed by atoms with Crippen LogP contribution >= 0.6 is 23.1 Å². The monoisotopic (exact) mass is 394 g/mol. The van der Waals surface area contributed by atoms with Gasteiger partial charge in [0, 0.05) is 26.9 Å². The lowest BCUT2D eigenvalue weighted by atomic mass is 10.2. The Kier molecular flexibility index (Phi) is 5.80. The summed E-state index contributed by atoms with van der Waals surface area (Å²) in [4.78, 5) is 18.5. The van der Waals surface area contributed by atoms with E-state index in [0.29, 0.717) is 6.54 Å². The van der Waals surface area contributed by atoms with Crippen molar-refractivity contribution < 1.29 is 4.79 Å². The molecule has 1 aromatic heterocycles. The number of benzene rings is 2. The quantitative estimate of drug-likeness (QED) is 0.584. The van der Waals surface area contributed by atoms with Crippen LogP contribution in [0.2, 0.25) is 0 Å². The first-order valence-corrected chi connectivity index (χ1v) is 10.9. The molecule has 2 aromatic carbocycles. The molecule has 1 unspecified atom stereocenters. The summed E-state index contributed by atoms with van der Waals surface area (Å²) in [7, 11) is 0. The number of amides is 1. The van der Waals surface area contributed by atoms with E-state index in [1.807, 2.05) is 41.3 Å². The summed E-state index contributed by atoms with van der Waals surface area (Å²) in [6.45, 7) is 1.18. The van der Waals surface area contributed by atoms with Crippen molar-refractivity contribution in [3.63, 3.8) is 0 Å². The second-order valence-corrected chi connectivity index (χ2v) is 8.62. The van der Waals surface area contributed by atoms with Crippen LogP contribution in [0.3, 0.4) is 0 Å². The van der Waals surface area contributed by atoms with E-state index in [-0.39, 0.29) is 11.9 Å². The SMILES string of the molecule is O=C(CNc1ccccc1Sc1ccccc1)N1CCCC1c1cccs1. The van der Waals surface area contributed by atoms with Crippen LogP contribution in [-0.4, -0.2) is 23.9 Å². The van der Waals surface area contributed by atoms with Gasteiger partial charge in [-0.25, -0.2) is 0 Å². The lowest BCUT2D eigenvalue weighted by Crippen LogP contribution is -2.34. The molecule has 3 nitrogen and oxygen atoms in total. The number of rotatable bonds is 6. The zero-order valence-electron chi connectivity index (χ0n) is 15.0. The maximum absolute atomic E-state index is 12.9. The maximum atomic E-state index is 12.9. The summed E-state index contributed by atoms with van der Waals surface area (Å²) in [6, 6.07) is 22.9. The van der Waals surface area contributed by atoms with Gasteiger partial charge in [0.25, 0.3) is 0 Å². The largest absolute Gasteiger partial charge is 0.375 e. The Morgan fingerprint density at radius 3 is 2.70 bits per heavy atom. The van der Waals surface area contributed by atoms with Gasteiger partial charge < -0.3 is 10.2 Å². The molecule has 1 amide bonds. The van der Waals surface area contributed by atoms with Crippen LogP contribution in [0.25, 0.3) is 0 Å². The van der Waals surface area contributed by atoms with Crippen molar-refractivity contribution in [3.05, 3.63) is 77.0 Å². The van der Waals surface area contributed by atoms with Crippen LogP contribution in [0.5, 0.6) is 0 Å². The minimum absolute atomic E-state index is 0.172. The van der Waals surface area contributed by atoms with Crippen molar-refractivity contribution >= 4 is 34.7 Å². The standard InChI is InChI=1S/C22H22N2OS2/c25-22(24-14-6-11-19(24)21-13-7-15-26-21)16-23-18-10-4-5-12-20(18)27-17-8-2-1-3-9-17/h1-5,7-10,12-13,15,19,23H,6,11,14,16H2. The molecule has 1 aliphatic rings. The van der Waals surface area contributed by atoms with Gasteiger partial charge in [-0.1, -0.05) is 48.2 Å². The molecule has 1 fully saturated rings. The van der Waals surface area contributed by atoms with E-state index in [2.05, 4.69) is 41.0 Å². The highest BCUT2D eigenvalue weighted by Gasteiger charge is 2.30. The zero-order chi connectivity index (χ0) is 18.5. The smallest absolute Gasteiger partial charge is 0.242 e. The fourth-order valence-electron chi connectivity index (χ4n) is 3.43. The lowest BCUT2D eigenvalue weighted by Gasteiger charge is -2.24. The third-order valence-corrected chi connectivity index (χ3v) is 6.79. The molecule has 27 heavy (non-hydrogen) atoms. The number of carbonyl (C=O) groups is 1. The molecule has 4 rings (SSSR count). The Balaban J connectivity index is 1.42. The van der Waals surface area contributed by atoms with Gasteiger partial charge in [0.1, 0.15) is 0 Å². The summed E-state index contributed by atoms with van der Waals surface area (Å²) < 4.78 is 0. The molecule has 0 aliphatic carbocycles. The Labute approximate surface area is 168 Å². The van der Waals surface area contributed by atoms with Gasteiger partial charge in [0.05, 0.1) is 12.6 Å². The van der Waals surface area contributed by atoms with E-state index in [9.17, 15) is 4.79 Å². The number of hydrogen-bond donors (Lipinski definition) is 1.